The number of rotatable bonds is 6. The summed E-state index contributed by atoms with van der Waals surface area (Å²) in [5.74, 6) is -0.459. The van der Waals surface area contributed by atoms with Crippen LogP contribution in [0.2, 0.25) is 0 Å². The smallest absolute Gasteiger partial charge is 0.328 e. The number of carbonyl (C=O) groups excluding carboxylic acids is 1. The van der Waals surface area contributed by atoms with Gasteiger partial charge in [-0.15, -0.1) is 11.3 Å². The predicted octanol–water partition coefficient (Wildman–Crippen LogP) is 3.66. The van der Waals surface area contributed by atoms with Crippen molar-refractivity contribution in [3.05, 3.63) is 27.5 Å². The summed E-state index contributed by atoms with van der Waals surface area (Å²) in [4.78, 5) is 26.3. The second-order valence-electron chi connectivity index (χ2n) is 5.72. The normalized spacial score (nSPS) is 12.9. The monoisotopic (exact) mass is 309 g/mol. The number of amides is 1. The summed E-state index contributed by atoms with van der Waals surface area (Å²) >= 11 is 1.33. The minimum absolute atomic E-state index is 0.00812. The fourth-order valence-corrected chi connectivity index (χ4v) is 3.19. The summed E-state index contributed by atoms with van der Waals surface area (Å²) in [7, 11) is 1.82. The van der Waals surface area contributed by atoms with Crippen molar-refractivity contribution in [2.75, 3.05) is 7.05 Å². The van der Waals surface area contributed by atoms with Crippen molar-refractivity contribution in [3.63, 3.8) is 0 Å². The van der Waals surface area contributed by atoms with Gasteiger partial charge in [-0.05, 0) is 43.9 Å². The van der Waals surface area contributed by atoms with E-state index in [0.29, 0.717) is 10.8 Å². The number of nitrogens with zero attached hydrogens (tertiary/aromatic N) is 1. The van der Waals surface area contributed by atoms with Crippen molar-refractivity contribution in [2.24, 2.45) is 5.92 Å². The highest BCUT2D eigenvalue weighted by Crippen LogP contribution is 2.25. The summed E-state index contributed by atoms with van der Waals surface area (Å²) in [6.45, 7) is 8.20. The third-order valence-electron chi connectivity index (χ3n) is 3.34. The molecule has 4 nitrogen and oxygen atoms in total. The van der Waals surface area contributed by atoms with Crippen LogP contribution in [0.25, 0.3) is 6.08 Å². The maximum Gasteiger partial charge on any atom is 0.328 e. The largest absolute Gasteiger partial charge is 0.478 e. The van der Waals surface area contributed by atoms with Gasteiger partial charge in [0.15, 0.2) is 0 Å². The van der Waals surface area contributed by atoms with E-state index >= 15 is 0 Å². The molecule has 1 heterocycles. The lowest BCUT2D eigenvalue weighted by atomic mass is 10.0. The maximum absolute atomic E-state index is 12.5. The number of aliphatic carboxylic acids is 1. The van der Waals surface area contributed by atoms with Crippen LogP contribution in [0.1, 0.15) is 47.3 Å². The third-order valence-corrected chi connectivity index (χ3v) is 4.53. The second-order valence-corrected chi connectivity index (χ2v) is 6.81. The molecular weight excluding hydrogens is 286 g/mol. The first-order valence-electron chi connectivity index (χ1n) is 7.01. The Morgan fingerprint density at radius 3 is 2.52 bits per heavy atom. The Kier molecular flexibility index (Phi) is 6.15. The zero-order chi connectivity index (χ0) is 16.2. The molecule has 0 spiro atoms. The number of thiophene rings is 1. The SMILES string of the molecule is Cc1cc(C(=O)N(C)C(C)CC(C)C)sc1/C=C/C(=O)O. The van der Waals surface area contributed by atoms with Gasteiger partial charge >= 0.3 is 5.97 Å². The number of carboxylic acids is 1. The quantitative estimate of drug-likeness (QED) is 0.816. The van der Waals surface area contributed by atoms with Crippen molar-refractivity contribution in [1.29, 1.82) is 0 Å². The van der Waals surface area contributed by atoms with Gasteiger partial charge in [0, 0.05) is 24.0 Å². The van der Waals surface area contributed by atoms with E-state index in [1.54, 1.807) is 4.90 Å². The molecule has 1 rings (SSSR count). The zero-order valence-corrected chi connectivity index (χ0v) is 14.0. The molecule has 5 heteroatoms. The molecule has 1 aromatic rings. The Hall–Kier alpha value is -1.62. The van der Waals surface area contributed by atoms with E-state index in [2.05, 4.69) is 13.8 Å². The van der Waals surface area contributed by atoms with Crippen molar-refractivity contribution < 1.29 is 14.7 Å². The van der Waals surface area contributed by atoms with Gasteiger partial charge in [-0.25, -0.2) is 4.79 Å². The predicted molar refractivity (Wildman–Crippen MR) is 86.7 cm³/mol. The Balaban J connectivity index is 2.88. The number of aryl methyl sites for hydroxylation is 1. The van der Waals surface area contributed by atoms with Crippen LogP contribution in [0.4, 0.5) is 0 Å². The Bertz CT molecular complexity index is 546. The first-order chi connectivity index (χ1) is 9.72. The van der Waals surface area contributed by atoms with Crippen LogP contribution in [0.3, 0.4) is 0 Å². The molecule has 21 heavy (non-hydrogen) atoms. The van der Waals surface area contributed by atoms with E-state index < -0.39 is 5.97 Å². The number of carbonyl (C=O) groups is 2. The van der Waals surface area contributed by atoms with Crippen molar-refractivity contribution in [3.8, 4) is 0 Å². The zero-order valence-electron chi connectivity index (χ0n) is 13.2. The molecule has 1 N–H and O–H groups in total. The van der Waals surface area contributed by atoms with E-state index in [-0.39, 0.29) is 11.9 Å². The van der Waals surface area contributed by atoms with Crippen LogP contribution in [-0.2, 0) is 4.79 Å². The van der Waals surface area contributed by atoms with Gasteiger partial charge in [0.25, 0.3) is 5.91 Å². The molecule has 116 valence electrons. The van der Waals surface area contributed by atoms with Gasteiger partial charge < -0.3 is 10.0 Å². The lowest BCUT2D eigenvalue weighted by Gasteiger charge is -2.25. The molecule has 0 fully saturated rings. The van der Waals surface area contributed by atoms with Gasteiger partial charge in [-0.3, -0.25) is 4.79 Å². The van der Waals surface area contributed by atoms with Gasteiger partial charge in [0.1, 0.15) is 0 Å². The Morgan fingerprint density at radius 1 is 1.38 bits per heavy atom. The fraction of sp³-hybridized carbons (Fsp3) is 0.500. The summed E-state index contributed by atoms with van der Waals surface area (Å²) in [5.41, 5.74) is 0.922. The highest BCUT2D eigenvalue weighted by Gasteiger charge is 2.20. The van der Waals surface area contributed by atoms with Crippen molar-refractivity contribution in [1.82, 2.24) is 4.90 Å². The Morgan fingerprint density at radius 2 is 2.00 bits per heavy atom. The molecule has 0 saturated carbocycles. The summed E-state index contributed by atoms with van der Waals surface area (Å²) in [6, 6.07) is 2.01. The summed E-state index contributed by atoms with van der Waals surface area (Å²) < 4.78 is 0. The topological polar surface area (TPSA) is 57.6 Å². The average Bonchev–Trinajstić information content (AvgIpc) is 2.75. The first-order valence-corrected chi connectivity index (χ1v) is 7.82. The molecule has 0 aliphatic heterocycles. The van der Waals surface area contributed by atoms with Crippen molar-refractivity contribution >= 4 is 29.3 Å². The molecular formula is C16H23NO3S. The molecule has 0 radical (unpaired) electrons. The standard InChI is InChI=1S/C16H23NO3S/c1-10(2)8-12(4)17(5)16(20)14-9-11(3)13(21-14)6-7-15(18)19/h6-7,9-10,12H,8H2,1-5H3,(H,18,19)/b7-6+. The number of hydrogen-bond donors (Lipinski definition) is 1. The van der Waals surface area contributed by atoms with Crippen LogP contribution >= 0.6 is 11.3 Å². The molecule has 0 aromatic carbocycles. The first kappa shape index (κ1) is 17.4. The highest BCUT2D eigenvalue weighted by atomic mass is 32.1. The molecule has 1 aromatic heterocycles. The van der Waals surface area contributed by atoms with Gasteiger partial charge in [0.05, 0.1) is 4.88 Å². The third kappa shape index (κ3) is 5.01. The lowest BCUT2D eigenvalue weighted by Crippen LogP contribution is -2.35. The van der Waals surface area contributed by atoms with E-state index in [1.165, 1.54) is 17.4 Å². The Labute approximate surface area is 130 Å². The average molecular weight is 309 g/mol. The van der Waals surface area contributed by atoms with E-state index in [0.717, 1.165) is 22.9 Å². The van der Waals surface area contributed by atoms with Crippen LogP contribution in [0.5, 0.6) is 0 Å². The van der Waals surface area contributed by atoms with Crippen molar-refractivity contribution in [2.45, 2.75) is 40.2 Å². The number of carboxylic acid groups (broad SMARTS) is 1. The molecule has 1 unspecified atom stereocenters. The molecule has 0 bridgehead atoms. The highest BCUT2D eigenvalue weighted by molar-refractivity contribution is 7.15. The van der Waals surface area contributed by atoms with Gasteiger partial charge in [-0.1, -0.05) is 13.8 Å². The second kappa shape index (κ2) is 7.41. The van der Waals surface area contributed by atoms with Crippen LogP contribution in [0.15, 0.2) is 12.1 Å². The number of hydrogen-bond acceptors (Lipinski definition) is 3. The minimum Gasteiger partial charge on any atom is -0.478 e. The van der Waals surface area contributed by atoms with Gasteiger partial charge in [0.2, 0.25) is 0 Å². The summed E-state index contributed by atoms with van der Waals surface area (Å²) in [5, 5.41) is 8.67. The fourth-order valence-electron chi connectivity index (χ4n) is 2.13. The van der Waals surface area contributed by atoms with E-state index in [9.17, 15) is 9.59 Å². The van der Waals surface area contributed by atoms with E-state index in [4.69, 9.17) is 5.11 Å². The molecule has 1 atom stereocenters. The minimum atomic E-state index is -0.988. The lowest BCUT2D eigenvalue weighted by molar-refractivity contribution is -0.131. The molecule has 0 aliphatic rings. The molecule has 0 aliphatic carbocycles. The van der Waals surface area contributed by atoms with Crippen LogP contribution in [0, 0.1) is 12.8 Å². The van der Waals surface area contributed by atoms with E-state index in [1.807, 2.05) is 27.0 Å². The molecule has 1 amide bonds. The summed E-state index contributed by atoms with van der Waals surface area (Å²) in [6.07, 6.45) is 3.59. The van der Waals surface area contributed by atoms with Crippen LogP contribution < -0.4 is 0 Å². The molecule has 0 saturated heterocycles. The van der Waals surface area contributed by atoms with Crippen LogP contribution in [-0.4, -0.2) is 35.0 Å². The van der Waals surface area contributed by atoms with Gasteiger partial charge in [-0.2, -0.15) is 0 Å². The maximum atomic E-state index is 12.5.